The van der Waals surface area contributed by atoms with E-state index >= 15 is 0 Å². The normalized spacial score (nSPS) is 16.5. The highest BCUT2D eigenvalue weighted by molar-refractivity contribution is 5.62. The van der Waals surface area contributed by atoms with Crippen LogP contribution in [0.2, 0.25) is 0 Å². The number of hydrogen-bond donors (Lipinski definition) is 0. The molecule has 0 aliphatic carbocycles. The molecule has 1 saturated heterocycles. The zero-order valence-electron chi connectivity index (χ0n) is 18.9. The Morgan fingerprint density at radius 3 is 2.16 bits per heavy atom. The van der Waals surface area contributed by atoms with Gasteiger partial charge in [-0.15, -0.1) is 10.2 Å². The van der Waals surface area contributed by atoms with Gasteiger partial charge in [0.05, 0.1) is 6.61 Å². The van der Waals surface area contributed by atoms with Crippen molar-refractivity contribution in [2.24, 2.45) is 5.92 Å². The van der Waals surface area contributed by atoms with Crippen LogP contribution in [0, 0.1) is 5.92 Å². The summed E-state index contributed by atoms with van der Waals surface area (Å²) >= 11 is 0. The second-order valence-electron chi connectivity index (χ2n) is 8.87. The fourth-order valence-electron chi connectivity index (χ4n) is 3.78. The van der Waals surface area contributed by atoms with Gasteiger partial charge in [-0.25, -0.2) is 0 Å². The molecule has 1 unspecified atom stereocenters. The van der Waals surface area contributed by atoms with Gasteiger partial charge >= 0.3 is 0 Å². The van der Waals surface area contributed by atoms with E-state index in [1.807, 2.05) is 24.3 Å². The van der Waals surface area contributed by atoms with Crippen LogP contribution in [0.3, 0.4) is 0 Å². The van der Waals surface area contributed by atoms with E-state index in [0.29, 0.717) is 23.7 Å². The first-order valence-corrected chi connectivity index (χ1v) is 11.1. The Hall–Kier alpha value is -2.86. The molecular weight excluding hydrogens is 388 g/mol. The molecule has 31 heavy (non-hydrogen) atoms. The quantitative estimate of drug-likeness (QED) is 0.513. The lowest BCUT2D eigenvalue weighted by atomic mass is 10.1. The Bertz CT molecular complexity index is 964. The van der Waals surface area contributed by atoms with E-state index in [9.17, 15) is 0 Å². The summed E-state index contributed by atoms with van der Waals surface area (Å²) in [5.74, 6) is 2.54. The van der Waals surface area contributed by atoms with Crippen molar-refractivity contribution < 1.29 is 9.15 Å². The molecular formula is C25H32N4O2. The minimum absolute atomic E-state index is 0.515. The molecule has 3 aromatic rings. The van der Waals surface area contributed by atoms with Gasteiger partial charge in [-0.05, 0) is 81.4 Å². The first-order chi connectivity index (χ1) is 15.0. The van der Waals surface area contributed by atoms with E-state index in [-0.39, 0.29) is 0 Å². The number of hydrogen-bond acceptors (Lipinski definition) is 6. The Labute approximate surface area is 184 Å². The monoisotopic (exact) mass is 420 g/mol. The summed E-state index contributed by atoms with van der Waals surface area (Å²) in [5.41, 5.74) is 3.05. The van der Waals surface area contributed by atoms with E-state index in [4.69, 9.17) is 9.15 Å². The summed E-state index contributed by atoms with van der Waals surface area (Å²) < 4.78 is 11.7. The summed E-state index contributed by atoms with van der Waals surface area (Å²) in [6.45, 7) is 7.27. The molecule has 2 heterocycles. The average molecular weight is 421 g/mol. The number of rotatable bonds is 8. The molecule has 0 saturated carbocycles. The maximum atomic E-state index is 5.94. The van der Waals surface area contributed by atoms with E-state index < -0.39 is 0 Å². The minimum atomic E-state index is 0.515. The van der Waals surface area contributed by atoms with Crippen molar-refractivity contribution in [3.63, 3.8) is 0 Å². The van der Waals surface area contributed by atoms with Crippen LogP contribution in [0.25, 0.3) is 22.9 Å². The molecule has 0 spiro atoms. The van der Waals surface area contributed by atoms with Gasteiger partial charge in [0.1, 0.15) is 5.75 Å². The molecule has 0 amide bonds. The summed E-state index contributed by atoms with van der Waals surface area (Å²) in [6, 6.07) is 16.8. The summed E-state index contributed by atoms with van der Waals surface area (Å²) in [5, 5.41) is 8.48. The fraction of sp³-hybridized carbons (Fsp3) is 0.440. The van der Waals surface area contributed by atoms with Crippen molar-refractivity contribution in [2.45, 2.75) is 32.7 Å². The molecule has 1 aromatic heterocycles. The Morgan fingerprint density at radius 2 is 1.61 bits per heavy atom. The predicted octanol–water partition coefficient (Wildman–Crippen LogP) is 4.97. The second-order valence-corrected chi connectivity index (χ2v) is 8.87. The van der Waals surface area contributed by atoms with Gasteiger partial charge in [0.25, 0.3) is 0 Å². The Balaban J connectivity index is 1.39. The van der Waals surface area contributed by atoms with Crippen molar-refractivity contribution in [1.82, 2.24) is 15.1 Å². The third-order valence-corrected chi connectivity index (χ3v) is 5.86. The molecule has 6 heteroatoms. The highest BCUT2D eigenvalue weighted by Gasteiger charge is 2.24. The zero-order valence-corrected chi connectivity index (χ0v) is 18.9. The van der Waals surface area contributed by atoms with E-state index in [1.54, 1.807) is 0 Å². The third-order valence-electron chi connectivity index (χ3n) is 5.86. The number of nitrogens with zero attached hydrogens (tertiary/aromatic N) is 4. The summed E-state index contributed by atoms with van der Waals surface area (Å²) in [4.78, 5) is 4.73. The SMILES string of the molecule is CC(C)CCOc1ccc(-c2nnc(-c3ccc(N4CCC(N(C)C)C4)cc3)o2)cc1. The van der Waals surface area contributed by atoms with Gasteiger partial charge < -0.3 is 19.0 Å². The van der Waals surface area contributed by atoms with Crippen LogP contribution in [0.1, 0.15) is 26.7 Å². The molecule has 1 aliphatic rings. The standard InChI is InChI=1S/C25H32N4O2/c1-18(2)14-16-30-23-11-7-20(8-12-23)25-27-26-24(31-25)19-5-9-21(10-6-19)29-15-13-22(17-29)28(3)4/h5-12,18,22H,13-17H2,1-4H3. The van der Waals surface area contributed by atoms with Crippen molar-refractivity contribution >= 4 is 5.69 Å². The molecule has 0 bridgehead atoms. The van der Waals surface area contributed by atoms with Crippen LogP contribution >= 0.6 is 0 Å². The summed E-state index contributed by atoms with van der Waals surface area (Å²) in [7, 11) is 4.30. The van der Waals surface area contributed by atoms with Crippen LogP contribution in [-0.4, -0.2) is 54.9 Å². The maximum Gasteiger partial charge on any atom is 0.248 e. The second kappa shape index (κ2) is 9.52. The highest BCUT2D eigenvalue weighted by atomic mass is 16.5. The molecule has 1 fully saturated rings. The zero-order chi connectivity index (χ0) is 21.8. The number of anilines is 1. The number of likely N-dealkylation sites (N-methyl/N-ethyl adjacent to an activating group) is 1. The molecule has 2 aromatic carbocycles. The number of benzene rings is 2. The summed E-state index contributed by atoms with van der Waals surface area (Å²) in [6.07, 6.45) is 2.24. The van der Waals surface area contributed by atoms with Crippen LogP contribution in [0.4, 0.5) is 5.69 Å². The lowest BCUT2D eigenvalue weighted by Gasteiger charge is -2.21. The molecule has 6 nitrogen and oxygen atoms in total. The fourth-order valence-corrected chi connectivity index (χ4v) is 3.78. The van der Waals surface area contributed by atoms with E-state index in [2.05, 4.69) is 72.2 Å². The molecule has 164 valence electrons. The Kier molecular flexibility index (Phi) is 6.56. The topological polar surface area (TPSA) is 54.6 Å². The molecule has 0 radical (unpaired) electrons. The lowest BCUT2D eigenvalue weighted by Crippen LogP contribution is -2.31. The van der Waals surface area contributed by atoms with Gasteiger partial charge in [-0.2, -0.15) is 0 Å². The van der Waals surface area contributed by atoms with Crippen LogP contribution < -0.4 is 9.64 Å². The van der Waals surface area contributed by atoms with Gasteiger partial charge in [0.15, 0.2) is 0 Å². The van der Waals surface area contributed by atoms with Crippen LogP contribution in [0.5, 0.6) is 5.75 Å². The first-order valence-electron chi connectivity index (χ1n) is 11.1. The molecule has 1 atom stereocenters. The number of aromatic nitrogens is 2. The van der Waals surface area contributed by atoms with Gasteiger partial charge in [-0.3, -0.25) is 0 Å². The molecule has 4 rings (SSSR count). The van der Waals surface area contributed by atoms with Crippen LogP contribution in [-0.2, 0) is 0 Å². The van der Waals surface area contributed by atoms with E-state index in [0.717, 1.165) is 43.0 Å². The maximum absolute atomic E-state index is 5.94. The number of ether oxygens (including phenoxy) is 1. The third kappa shape index (κ3) is 5.25. The van der Waals surface area contributed by atoms with E-state index in [1.165, 1.54) is 12.1 Å². The van der Waals surface area contributed by atoms with Gasteiger partial charge in [0, 0.05) is 35.9 Å². The van der Waals surface area contributed by atoms with Crippen molar-refractivity contribution in [1.29, 1.82) is 0 Å². The minimum Gasteiger partial charge on any atom is -0.494 e. The van der Waals surface area contributed by atoms with Crippen molar-refractivity contribution in [3.05, 3.63) is 48.5 Å². The van der Waals surface area contributed by atoms with Crippen molar-refractivity contribution in [2.75, 3.05) is 38.7 Å². The van der Waals surface area contributed by atoms with Gasteiger partial charge in [-0.1, -0.05) is 13.8 Å². The van der Waals surface area contributed by atoms with Gasteiger partial charge in [0.2, 0.25) is 11.8 Å². The highest BCUT2D eigenvalue weighted by Crippen LogP contribution is 2.28. The molecule has 1 aliphatic heterocycles. The predicted molar refractivity (Wildman–Crippen MR) is 124 cm³/mol. The average Bonchev–Trinajstić information content (AvgIpc) is 3.45. The lowest BCUT2D eigenvalue weighted by molar-refractivity contribution is 0.289. The smallest absolute Gasteiger partial charge is 0.248 e. The molecule has 0 N–H and O–H groups in total. The van der Waals surface area contributed by atoms with Crippen LogP contribution in [0.15, 0.2) is 52.9 Å². The largest absolute Gasteiger partial charge is 0.494 e. The van der Waals surface area contributed by atoms with Crippen molar-refractivity contribution in [3.8, 4) is 28.7 Å². The Morgan fingerprint density at radius 1 is 1.00 bits per heavy atom. The first kappa shape index (κ1) is 21.4.